The van der Waals surface area contributed by atoms with E-state index >= 15 is 0 Å². The molecular formula is C10H19NO2S. The molecule has 0 radical (unpaired) electrons. The molecule has 1 saturated carbocycles. The highest BCUT2D eigenvalue weighted by Gasteiger charge is 2.21. The highest BCUT2D eigenvalue weighted by molar-refractivity contribution is 7.99. The van der Waals surface area contributed by atoms with Gasteiger partial charge in [-0.05, 0) is 31.9 Å². The molecule has 1 amide bonds. The third kappa shape index (κ3) is 3.88. The van der Waals surface area contributed by atoms with Crippen molar-refractivity contribution in [2.24, 2.45) is 0 Å². The lowest BCUT2D eigenvalue weighted by Gasteiger charge is -2.27. The van der Waals surface area contributed by atoms with Gasteiger partial charge in [0.15, 0.2) is 0 Å². The second-order valence-corrected chi connectivity index (χ2v) is 4.85. The second-order valence-electron chi connectivity index (χ2n) is 3.71. The Bertz CT molecular complexity index is 179. The SMILES string of the molecule is COCC(=O)NC1CCC(SC)CC1. The molecule has 1 rings (SSSR count). The van der Waals surface area contributed by atoms with E-state index in [2.05, 4.69) is 11.6 Å². The molecule has 0 atom stereocenters. The zero-order chi connectivity index (χ0) is 10.4. The van der Waals surface area contributed by atoms with Gasteiger partial charge in [0.05, 0.1) is 0 Å². The maximum Gasteiger partial charge on any atom is 0.246 e. The summed E-state index contributed by atoms with van der Waals surface area (Å²) in [5.74, 6) is 0.0140. The summed E-state index contributed by atoms with van der Waals surface area (Å²) in [5.41, 5.74) is 0. The predicted octanol–water partition coefficient (Wildman–Crippen LogP) is 1.42. The van der Waals surface area contributed by atoms with Crippen LogP contribution in [0.2, 0.25) is 0 Å². The summed E-state index contributed by atoms with van der Waals surface area (Å²) in [6.45, 7) is 0.183. The minimum absolute atomic E-state index is 0.0140. The van der Waals surface area contributed by atoms with Crippen LogP contribution in [0.15, 0.2) is 0 Å². The van der Waals surface area contributed by atoms with Crippen LogP contribution in [0.5, 0.6) is 0 Å². The van der Waals surface area contributed by atoms with Crippen LogP contribution in [0.3, 0.4) is 0 Å². The number of hydrogen-bond donors (Lipinski definition) is 1. The topological polar surface area (TPSA) is 38.3 Å². The van der Waals surface area contributed by atoms with E-state index in [1.54, 1.807) is 7.11 Å². The first kappa shape index (κ1) is 11.9. The summed E-state index contributed by atoms with van der Waals surface area (Å²) in [6.07, 6.45) is 6.83. The molecule has 3 nitrogen and oxygen atoms in total. The number of carbonyl (C=O) groups excluding carboxylic acids is 1. The lowest BCUT2D eigenvalue weighted by atomic mass is 9.95. The van der Waals surface area contributed by atoms with E-state index in [1.807, 2.05) is 11.8 Å². The smallest absolute Gasteiger partial charge is 0.246 e. The van der Waals surface area contributed by atoms with Crippen LogP contribution in [-0.2, 0) is 9.53 Å². The van der Waals surface area contributed by atoms with Gasteiger partial charge >= 0.3 is 0 Å². The summed E-state index contributed by atoms with van der Waals surface area (Å²) in [4.78, 5) is 11.2. The average molecular weight is 217 g/mol. The average Bonchev–Trinajstić information content (AvgIpc) is 2.19. The second kappa shape index (κ2) is 6.30. The van der Waals surface area contributed by atoms with Crippen LogP contribution >= 0.6 is 11.8 Å². The molecule has 4 heteroatoms. The number of rotatable bonds is 4. The standard InChI is InChI=1S/C10H19NO2S/c1-13-7-10(12)11-8-3-5-9(14-2)6-4-8/h8-9H,3-7H2,1-2H3,(H,11,12). The molecule has 0 unspecified atom stereocenters. The van der Waals surface area contributed by atoms with Crippen molar-refractivity contribution in [1.82, 2.24) is 5.32 Å². The van der Waals surface area contributed by atoms with Crippen LogP contribution in [0.25, 0.3) is 0 Å². The maximum atomic E-state index is 11.2. The number of ether oxygens (including phenoxy) is 1. The van der Waals surface area contributed by atoms with Gasteiger partial charge in [-0.25, -0.2) is 0 Å². The fourth-order valence-electron chi connectivity index (χ4n) is 1.84. The summed E-state index contributed by atoms with van der Waals surface area (Å²) < 4.78 is 4.77. The third-order valence-corrected chi connectivity index (χ3v) is 3.79. The minimum atomic E-state index is 0.0140. The van der Waals surface area contributed by atoms with Crippen molar-refractivity contribution < 1.29 is 9.53 Å². The third-order valence-electron chi connectivity index (χ3n) is 2.65. The van der Waals surface area contributed by atoms with E-state index < -0.39 is 0 Å². The van der Waals surface area contributed by atoms with E-state index in [1.165, 1.54) is 12.8 Å². The van der Waals surface area contributed by atoms with Gasteiger partial charge in [0.2, 0.25) is 5.91 Å². The van der Waals surface area contributed by atoms with Gasteiger partial charge in [-0.15, -0.1) is 0 Å². The number of thioether (sulfide) groups is 1. The summed E-state index contributed by atoms with van der Waals surface area (Å²) in [6, 6.07) is 0.376. The Morgan fingerprint density at radius 1 is 1.43 bits per heavy atom. The normalized spacial score (nSPS) is 27.3. The van der Waals surface area contributed by atoms with Gasteiger partial charge in [0.1, 0.15) is 6.61 Å². The number of carbonyl (C=O) groups is 1. The van der Waals surface area contributed by atoms with Crippen molar-refractivity contribution in [2.75, 3.05) is 20.0 Å². The maximum absolute atomic E-state index is 11.2. The molecule has 0 spiro atoms. The van der Waals surface area contributed by atoms with Crippen molar-refractivity contribution in [3.05, 3.63) is 0 Å². The molecule has 14 heavy (non-hydrogen) atoms. The number of hydrogen-bond acceptors (Lipinski definition) is 3. The van der Waals surface area contributed by atoms with E-state index in [4.69, 9.17) is 4.74 Å². The monoisotopic (exact) mass is 217 g/mol. The van der Waals surface area contributed by atoms with Crippen LogP contribution in [-0.4, -0.2) is 37.2 Å². The minimum Gasteiger partial charge on any atom is -0.375 e. The first-order valence-electron chi connectivity index (χ1n) is 5.07. The lowest BCUT2D eigenvalue weighted by Crippen LogP contribution is -2.39. The van der Waals surface area contributed by atoms with Gasteiger partial charge in [0, 0.05) is 18.4 Å². The molecule has 0 saturated heterocycles. The van der Waals surface area contributed by atoms with Crippen molar-refractivity contribution in [1.29, 1.82) is 0 Å². The van der Waals surface area contributed by atoms with Crippen molar-refractivity contribution >= 4 is 17.7 Å². The van der Waals surface area contributed by atoms with Crippen molar-refractivity contribution in [3.63, 3.8) is 0 Å². The Morgan fingerprint density at radius 2 is 2.07 bits per heavy atom. The molecule has 0 aromatic rings. The molecule has 0 aliphatic heterocycles. The van der Waals surface area contributed by atoms with Crippen LogP contribution in [0.1, 0.15) is 25.7 Å². The Balaban J connectivity index is 2.18. The molecule has 1 aliphatic carbocycles. The Hall–Kier alpha value is -0.220. The van der Waals surface area contributed by atoms with Crippen LogP contribution in [0, 0.1) is 0 Å². The highest BCUT2D eigenvalue weighted by Crippen LogP contribution is 2.26. The van der Waals surface area contributed by atoms with E-state index in [0.717, 1.165) is 18.1 Å². The fourth-order valence-corrected chi connectivity index (χ4v) is 2.59. The number of amides is 1. The zero-order valence-corrected chi connectivity index (χ0v) is 9.73. The molecule has 1 aliphatic rings. The van der Waals surface area contributed by atoms with Crippen LogP contribution < -0.4 is 5.32 Å². The van der Waals surface area contributed by atoms with Gasteiger partial charge in [-0.1, -0.05) is 0 Å². The molecular weight excluding hydrogens is 198 g/mol. The first-order valence-corrected chi connectivity index (χ1v) is 6.36. The zero-order valence-electron chi connectivity index (χ0n) is 8.91. The summed E-state index contributed by atoms with van der Waals surface area (Å²) >= 11 is 1.94. The molecule has 0 heterocycles. The highest BCUT2D eigenvalue weighted by atomic mass is 32.2. The molecule has 1 fully saturated rings. The van der Waals surface area contributed by atoms with Crippen LogP contribution in [0.4, 0.5) is 0 Å². The van der Waals surface area contributed by atoms with Gasteiger partial charge in [0.25, 0.3) is 0 Å². The quantitative estimate of drug-likeness (QED) is 0.774. The Morgan fingerprint density at radius 3 is 2.57 bits per heavy atom. The predicted molar refractivity (Wildman–Crippen MR) is 59.6 cm³/mol. The van der Waals surface area contributed by atoms with E-state index in [9.17, 15) is 4.79 Å². The van der Waals surface area contributed by atoms with Crippen molar-refractivity contribution in [2.45, 2.75) is 37.0 Å². The van der Waals surface area contributed by atoms with Crippen molar-refractivity contribution in [3.8, 4) is 0 Å². The van der Waals surface area contributed by atoms with E-state index in [-0.39, 0.29) is 12.5 Å². The summed E-state index contributed by atoms with van der Waals surface area (Å²) in [5, 5.41) is 3.79. The first-order chi connectivity index (χ1) is 6.76. The Labute approximate surface area is 90.0 Å². The van der Waals surface area contributed by atoms with Gasteiger partial charge < -0.3 is 10.1 Å². The summed E-state index contributed by atoms with van der Waals surface area (Å²) in [7, 11) is 1.55. The molecule has 82 valence electrons. The van der Waals surface area contributed by atoms with Gasteiger partial charge in [-0.2, -0.15) is 11.8 Å². The lowest BCUT2D eigenvalue weighted by molar-refractivity contribution is -0.125. The molecule has 0 aromatic carbocycles. The number of nitrogens with one attached hydrogen (secondary N) is 1. The largest absolute Gasteiger partial charge is 0.375 e. The molecule has 1 N–H and O–H groups in total. The molecule has 0 bridgehead atoms. The molecule has 0 aromatic heterocycles. The Kier molecular flexibility index (Phi) is 5.33. The number of methoxy groups -OCH3 is 1. The van der Waals surface area contributed by atoms with E-state index in [0.29, 0.717) is 6.04 Å². The fraction of sp³-hybridized carbons (Fsp3) is 0.900. The van der Waals surface area contributed by atoms with Gasteiger partial charge in [-0.3, -0.25) is 4.79 Å².